The Morgan fingerprint density at radius 1 is 1.12 bits per heavy atom. The van der Waals surface area contributed by atoms with Crippen molar-refractivity contribution in [3.05, 3.63) is 53.9 Å². The molecule has 0 spiro atoms. The van der Waals surface area contributed by atoms with Gasteiger partial charge in [0.05, 0.1) is 12.2 Å². The van der Waals surface area contributed by atoms with Crippen LogP contribution in [0.3, 0.4) is 0 Å². The molecule has 0 N–H and O–H groups in total. The molecular formula is C21H25N3O. The molecule has 4 rings (SSSR count). The molecule has 0 bridgehead atoms. The van der Waals surface area contributed by atoms with Crippen LogP contribution in [0.5, 0.6) is 5.75 Å². The molecule has 1 aliphatic rings. The SMILES string of the molecule is CCCCCCc1cn(CC2Cc3c(ccc4ccccc34)O2)nn1. The zero-order valence-corrected chi connectivity index (χ0v) is 14.8. The van der Waals surface area contributed by atoms with E-state index in [2.05, 4.69) is 59.8 Å². The van der Waals surface area contributed by atoms with E-state index in [0.717, 1.165) is 30.8 Å². The van der Waals surface area contributed by atoms with Crippen molar-refractivity contribution in [1.29, 1.82) is 0 Å². The Balaban J connectivity index is 1.40. The molecule has 130 valence electrons. The van der Waals surface area contributed by atoms with Gasteiger partial charge >= 0.3 is 0 Å². The van der Waals surface area contributed by atoms with Crippen molar-refractivity contribution in [2.75, 3.05) is 0 Å². The van der Waals surface area contributed by atoms with Crippen LogP contribution in [0.25, 0.3) is 10.8 Å². The summed E-state index contributed by atoms with van der Waals surface area (Å²) in [4.78, 5) is 0. The Hall–Kier alpha value is -2.36. The molecule has 2 aromatic carbocycles. The number of nitrogens with zero attached hydrogens (tertiary/aromatic N) is 3. The summed E-state index contributed by atoms with van der Waals surface area (Å²) in [5.41, 5.74) is 2.42. The highest BCUT2D eigenvalue weighted by Crippen LogP contribution is 2.35. The summed E-state index contributed by atoms with van der Waals surface area (Å²) in [5.74, 6) is 1.02. The number of benzene rings is 2. The summed E-state index contributed by atoms with van der Waals surface area (Å²) in [7, 11) is 0. The summed E-state index contributed by atoms with van der Waals surface area (Å²) in [6.07, 6.45) is 9.21. The van der Waals surface area contributed by atoms with E-state index >= 15 is 0 Å². The summed E-state index contributed by atoms with van der Waals surface area (Å²) >= 11 is 0. The van der Waals surface area contributed by atoms with Gasteiger partial charge < -0.3 is 4.74 Å². The molecule has 0 radical (unpaired) electrons. The van der Waals surface area contributed by atoms with E-state index in [1.807, 2.05) is 4.68 Å². The summed E-state index contributed by atoms with van der Waals surface area (Å²) in [5, 5.41) is 11.2. The van der Waals surface area contributed by atoms with Crippen LogP contribution in [0.4, 0.5) is 0 Å². The number of unbranched alkanes of at least 4 members (excludes halogenated alkanes) is 3. The van der Waals surface area contributed by atoms with Gasteiger partial charge in [-0.05, 0) is 29.7 Å². The van der Waals surface area contributed by atoms with E-state index in [4.69, 9.17) is 4.74 Å². The first-order valence-corrected chi connectivity index (χ1v) is 9.40. The first kappa shape index (κ1) is 16.1. The molecule has 1 atom stereocenters. The number of aryl methyl sites for hydroxylation is 1. The number of fused-ring (bicyclic) bond motifs is 3. The summed E-state index contributed by atoms with van der Waals surface area (Å²) in [6, 6.07) is 12.8. The number of aromatic nitrogens is 3. The minimum Gasteiger partial charge on any atom is -0.488 e. The van der Waals surface area contributed by atoms with Crippen LogP contribution < -0.4 is 4.74 Å². The minimum absolute atomic E-state index is 0.135. The van der Waals surface area contributed by atoms with Crippen LogP contribution in [0.15, 0.2) is 42.6 Å². The van der Waals surface area contributed by atoms with Gasteiger partial charge in [-0.25, -0.2) is 4.68 Å². The Morgan fingerprint density at radius 3 is 2.96 bits per heavy atom. The Kier molecular flexibility index (Phi) is 4.68. The first-order valence-electron chi connectivity index (χ1n) is 9.40. The van der Waals surface area contributed by atoms with E-state index < -0.39 is 0 Å². The Labute approximate surface area is 148 Å². The molecule has 0 saturated carbocycles. The molecule has 1 aliphatic heterocycles. The van der Waals surface area contributed by atoms with Crippen molar-refractivity contribution in [2.24, 2.45) is 0 Å². The fourth-order valence-corrected chi connectivity index (χ4v) is 3.67. The van der Waals surface area contributed by atoms with Crippen molar-refractivity contribution in [3.63, 3.8) is 0 Å². The number of hydrogen-bond donors (Lipinski definition) is 0. The van der Waals surface area contributed by atoms with Gasteiger partial charge in [0, 0.05) is 18.2 Å². The molecule has 0 fully saturated rings. The van der Waals surface area contributed by atoms with Crippen molar-refractivity contribution >= 4 is 10.8 Å². The zero-order valence-electron chi connectivity index (χ0n) is 14.8. The molecule has 0 amide bonds. The van der Waals surface area contributed by atoms with Gasteiger partial charge in [0.1, 0.15) is 11.9 Å². The van der Waals surface area contributed by atoms with Crippen LogP contribution in [0.2, 0.25) is 0 Å². The van der Waals surface area contributed by atoms with Crippen LogP contribution in [0, 0.1) is 0 Å². The average molecular weight is 335 g/mol. The zero-order chi connectivity index (χ0) is 17.1. The van der Waals surface area contributed by atoms with Gasteiger partial charge in [-0.15, -0.1) is 5.10 Å². The maximum atomic E-state index is 6.15. The Morgan fingerprint density at radius 2 is 2.04 bits per heavy atom. The highest BCUT2D eigenvalue weighted by Gasteiger charge is 2.25. The lowest BCUT2D eigenvalue weighted by Crippen LogP contribution is -2.21. The molecule has 25 heavy (non-hydrogen) atoms. The van der Waals surface area contributed by atoms with Crippen LogP contribution in [-0.4, -0.2) is 21.1 Å². The van der Waals surface area contributed by atoms with E-state index in [0.29, 0.717) is 0 Å². The minimum atomic E-state index is 0.135. The fourth-order valence-electron chi connectivity index (χ4n) is 3.67. The average Bonchev–Trinajstić information content (AvgIpc) is 3.25. The summed E-state index contributed by atoms with van der Waals surface area (Å²) in [6.45, 7) is 2.99. The third kappa shape index (κ3) is 3.53. The first-order chi connectivity index (χ1) is 12.3. The molecule has 3 aromatic rings. The van der Waals surface area contributed by atoms with Gasteiger partial charge in [0.2, 0.25) is 0 Å². The fraction of sp³-hybridized carbons (Fsp3) is 0.429. The highest BCUT2D eigenvalue weighted by molar-refractivity contribution is 5.88. The van der Waals surface area contributed by atoms with E-state index in [-0.39, 0.29) is 6.10 Å². The van der Waals surface area contributed by atoms with Crippen LogP contribution >= 0.6 is 0 Å². The predicted molar refractivity (Wildman–Crippen MR) is 99.9 cm³/mol. The van der Waals surface area contributed by atoms with Crippen molar-refractivity contribution in [3.8, 4) is 5.75 Å². The number of rotatable bonds is 7. The third-order valence-corrected chi connectivity index (χ3v) is 4.99. The molecule has 2 heterocycles. The second kappa shape index (κ2) is 7.26. The van der Waals surface area contributed by atoms with E-state index in [9.17, 15) is 0 Å². The quantitative estimate of drug-likeness (QED) is 0.594. The van der Waals surface area contributed by atoms with Gasteiger partial charge in [-0.2, -0.15) is 0 Å². The maximum absolute atomic E-state index is 6.15. The van der Waals surface area contributed by atoms with Gasteiger partial charge in [0.15, 0.2) is 0 Å². The normalized spacial score (nSPS) is 16.1. The second-order valence-electron chi connectivity index (χ2n) is 6.95. The van der Waals surface area contributed by atoms with Crippen LogP contribution in [0.1, 0.15) is 43.9 Å². The molecular weight excluding hydrogens is 310 g/mol. The Bertz CT molecular complexity index is 855. The topological polar surface area (TPSA) is 39.9 Å². The van der Waals surface area contributed by atoms with Crippen LogP contribution in [-0.2, 0) is 19.4 Å². The number of hydrogen-bond acceptors (Lipinski definition) is 3. The number of ether oxygens (including phenoxy) is 1. The monoisotopic (exact) mass is 335 g/mol. The lowest BCUT2D eigenvalue weighted by Gasteiger charge is -2.09. The molecule has 0 saturated heterocycles. The highest BCUT2D eigenvalue weighted by atomic mass is 16.5. The maximum Gasteiger partial charge on any atom is 0.123 e. The molecule has 4 heteroatoms. The molecule has 0 aliphatic carbocycles. The molecule has 4 nitrogen and oxygen atoms in total. The molecule has 1 unspecified atom stereocenters. The summed E-state index contributed by atoms with van der Waals surface area (Å²) < 4.78 is 8.09. The van der Waals surface area contributed by atoms with E-state index in [1.54, 1.807) is 0 Å². The van der Waals surface area contributed by atoms with Gasteiger partial charge in [-0.1, -0.05) is 61.7 Å². The smallest absolute Gasteiger partial charge is 0.123 e. The second-order valence-corrected chi connectivity index (χ2v) is 6.95. The molecule has 1 aromatic heterocycles. The van der Waals surface area contributed by atoms with Crippen molar-refractivity contribution in [1.82, 2.24) is 15.0 Å². The van der Waals surface area contributed by atoms with E-state index in [1.165, 1.54) is 42.0 Å². The lowest BCUT2D eigenvalue weighted by atomic mass is 10.0. The standard InChI is InChI=1S/C21H25N3O/c1-2-3-4-5-9-17-14-24(23-22-17)15-18-13-20-19-10-7-6-8-16(19)11-12-21(20)25-18/h6-8,10-12,14,18H,2-5,9,13,15H2,1H3. The van der Waals surface area contributed by atoms with Gasteiger partial charge in [-0.3, -0.25) is 0 Å². The lowest BCUT2D eigenvalue weighted by molar-refractivity contribution is 0.202. The van der Waals surface area contributed by atoms with Crippen molar-refractivity contribution < 1.29 is 4.74 Å². The third-order valence-electron chi connectivity index (χ3n) is 4.99. The van der Waals surface area contributed by atoms with Gasteiger partial charge in [0.25, 0.3) is 0 Å². The largest absolute Gasteiger partial charge is 0.488 e. The predicted octanol–water partition coefficient (Wildman–Crippen LogP) is 4.56. The van der Waals surface area contributed by atoms with Crippen molar-refractivity contribution in [2.45, 2.75) is 58.1 Å².